The molecule has 6 heteroatoms. The van der Waals surface area contributed by atoms with Crippen LogP contribution in [0.1, 0.15) is 56.1 Å². The minimum atomic E-state index is -0.812. The summed E-state index contributed by atoms with van der Waals surface area (Å²) < 4.78 is 0. The number of fused-ring (bicyclic) bond motifs is 1. The molecule has 140 valence electrons. The van der Waals surface area contributed by atoms with Crippen LogP contribution < -0.4 is 10.6 Å². The molecule has 0 bridgehead atoms. The first kappa shape index (κ1) is 18.4. The summed E-state index contributed by atoms with van der Waals surface area (Å²) in [4.78, 5) is 35.7. The third-order valence-electron chi connectivity index (χ3n) is 5.60. The highest BCUT2D eigenvalue weighted by Gasteiger charge is 2.32. The summed E-state index contributed by atoms with van der Waals surface area (Å²) in [6.45, 7) is 2.50. The molecule has 3 atom stereocenters. The van der Waals surface area contributed by atoms with Crippen LogP contribution in [0.3, 0.4) is 0 Å². The topological polar surface area (TPSA) is 95.5 Å². The first-order valence-corrected chi connectivity index (χ1v) is 9.43. The van der Waals surface area contributed by atoms with E-state index >= 15 is 0 Å². The van der Waals surface area contributed by atoms with Crippen LogP contribution in [-0.2, 0) is 20.8 Å². The maximum Gasteiger partial charge on any atom is 0.306 e. The largest absolute Gasteiger partial charge is 0.481 e. The molecule has 0 radical (unpaired) electrons. The Hall–Kier alpha value is -2.37. The Balaban J connectivity index is 1.54. The van der Waals surface area contributed by atoms with Gasteiger partial charge in [-0.15, -0.1) is 0 Å². The fraction of sp³-hybridized carbons (Fsp3) is 0.550. The van der Waals surface area contributed by atoms with E-state index in [9.17, 15) is 14.4 Å². The number of carboxylic acids is 1. The number of aliphatic carboxylic acids is 1. The van der Waals surface area contributed by atoms with Gasteiger partial charge in [0.15, 0.2) is 0 Å². The lowest BCUT2D eigenvalue weighted by atomic mass is 9.81. The molecule has 0 spiro atoms. The van der Waals surface area contributed by atoms with Crippen molar-refractivity contribution in [3.63, 3.8) is 0 Å². The van der Waals surface area contributed by atoms with Gasteiger partial charge >= 0.3 is 5.97 Å². The van der Waals surface area contributed by atoms with Crippen molar-refractivity contribution in [1.29, 1.82) is 0 Å². The standard InChI is InChI=1S/C20H26N2O4/c1-2-12-6-7-17-16(10-12)15(19(24)22-17)8-9-21-18(23)13-4-3-5-14(11-13)20(25)26/h6-7,10,13-15H,2-5,8-9,11H2,1H3,(H,21,23)(H,22,24)(H,25,26). The maximum atomic E-state index is 12.4. The van der Waals surface area contributed by atoms with Gasteiger partial charge in [0, 0.05) is 18.2 Å². The summed E-state index contributed by atoms with van der Waals surface area (Å²) in [5.41, 5.74) is 3.06. The molecule has 2 amide bonds. The van der Waals surface area contributed by atoms with E-state index in [1.807, 2.05) is 12.1 Å². The number of hydrogen-bond acceptors (Lipinski definition) is 3. The van der Waals surface area contributed by atoms with Gasteiger partial charge in [-0.25, -0.2) is 0 Å². The molecule has 0 aromatic heterocycles. The molecule has 1 aromatic carbocycles. The van der Waals surface area contributed by atoms with Crippen LogP contribution in [0.15, 0.2) is 18.2 Å². The molecule has 1 aliphatic heterocycles. The number of carbonyl (C=O) groups excluding carboxylic acids is 2. The molecule has 3 N–H and O–H groups in total. The molecule has 1 aliphatic carbocycles. The molecule has 0 saturated heterocycles. The van der Waals surface area contributed by atoms with Crippen molar-refractivity contribution in [3.05, 3.63) is 29.3 Å². The van der Waals surface area contributed by atoms with Gasteiger partial charge in [0.1, 0.15) is 0 Å². The summed E-state index contributed by atoms with van der Waals surface area (Å²) in [6.07, 6.45) is 4.03. The van der Waals surface area contributed by atoms with Crippen molar-refractivity contribution in [2.24, 2.45) is 11.8 Å². The average Bonchev–Trinajstić information content (AvgIpc) is 2.96. The van der Waals surface area contributed by atoms with E-state index in [0.29, 0.717) is 25.8 Å². The van der Waals surface area contributed by atoms with Gasteiger partial charge < -0.3 is 15.7 Å². The van der Waals surface area contributed by atoms with E-state index in [0.717, 1.165) is 30.5 Å². The molecular weight excluding hydrogens is 332 g/mol. The Morgan fingerprint density at radius 2 is 2.04 bits per heavy atom. The second kappa shape index (κ2) is 7.89. The molecule has 6 nitrogen and oxygen atoms in total. The molecule has 3 rings (SSSR count). The van der Waals surface area contributed by atoms with Gasteiger partial charge in [-0.2, -0.15) is 0 Å². The van der Waals surface area contributed by atoms with Gasteiger partial charge in [-0.05, 0) is 49.3 Å². The van der Waals surface area contributed by atoms with Crippen LogP contribution in [0.2, 0.25) is 0 Å². The number of anilines is 1. The number of rotatable bonds is 6. The second-order valence-corrected chi connectivity index (χ2v) is 7.30. The van der Waals surface area contributed by atoms with Gasteiger partial charge in [-0.1, -0.05) is 25.5 Å². The third-order valence-corrected chi connectivity index (χ3v) is 5.60. The first-order valence-electron chi connectivity index (χ1n) is 9.43. The van der Waals surface area contributed by atoms with Gasteiger partial charge in [-0.3, -0.25) is 14.4 Å². The normalized spacial score (nSPS) is 24.7. The van der Waals surface area contributed by atoms with Crippen molar-refractivity contribution in [2.45, 2.75) is 51.4 Å². The van der Waals surface area contributed by atoms with Crippen molar-refractivity contribution >= 4 is 23.5 Å². The van der Waals surface area contributed by atoms with Crippen molar-refractivity contribution in [1.82, 2.24) is 5.32 Å². The highest BCUT2D eigenvalue weighted by Crippen LogP contribution is 2.35. The lowest BCUT2D eigenvalue weighted by Gasteiger charge is -2.25. The molecule has 1 saturated carbocycles. The van der Waals surface area contributed by atoms with Gasteiger partial charge in [0.25, 0.3) is 0 Å². The quantitative estimate of drug-likeness (QED) is 0.728. The monoisotopic (exact) mass is 358 g/mol. The molecular formula is C20H26N2O4. The van der Waals surface area contributed by atoms with E-state index in [-0.39, 0.29) is 23.7 Å². The Morgan fingerprint density at radius 1 is 1.27 bits per heavy atom. The second-order valence-electron chi connectivity index (χ2n) is 7.30. The van der Waals surface area contributed by atoms with E-state index < -0.39 is 11.9 Å². The lowest BCUT2D eigenvalue weighted by Crippen LogP contribution is -2.36. The van der Waals surface area contributed by atoms with Crippen molar-refractivity contribution in [3.8, 4) is 0 Å². The fourth-order valence-electron chi connectivity index (χ4n) is 4.02. The van der Waals surface area contributed by atoms with Crippen molar-refractivity contribution in [2.75, 3.05) is 11.9 Å². The number of nitrogens with one attached hydrogen (secondary N) is 2. The van der Waals surface area contributed by atoms with Crippen LogP contribution in [-0.4, -0.2) is 29.4 Å². The minimum Gasteiger partial charge on any atom is -0.481 e. The highest BCUT2D eigenvalue weighted by atomic mass is 16.4. The Morgan fingerprint density at radius 3 is 2.77 bits per heavy atom. The van der Waals surface area contributed by atoms with E-state index in [1.165, 1.54) is 5.56 Å². The summed E-state index contributed by atoms with van der Waals surface area (Å²) in [7, 11) is 0. The molecule has 3 unspecified atom stereocenters. The van der Waals surface area contributed by atoms with E-state index in [2.05, 4.69) is 23.6 Å². The number of carbonyl (C=O) groups is 3. The molecule has 26 heavy (non-hydrogen) atoms. The van der Waals surface area contributed by atoms with E-state index in [1.54, 1.807) is 0 Å². The average molecular weight is 358 g/mol. The zero-order valence-corrected chi connectivity index (χ0v) is 15.1. The van der Waals surface area contributed by atoms with Gasteiger partial charge in [0.2, 0.25) is 11.8 Å². The molecule has 2 aliphatic rings. The molecule has 1 aromatic rings. The summed E-state index contributed by atoms with van der Waals surface area (Å²) in [5, 5.41) is 15.0. The summed E-state index contributed by atoms with van der Waals surface area (Å²) >= 11 is 0. The SMILES string of the molecule is CCc1ccc2c(c1)C(CCNC(=O)C1CCCC(C(=O)O)C1)C(=O)N2. The Bertz CT molecular complexity index is 716. The number of aryl methyl sites for hydroxylation is 1. The summed E-state index contributed by atoms with van der Waals surface area (Å²) in [6, 6.07) is 6.03. The Labute approximate surface area is 153 Å². The number of hydrogen-bond donors (Lipinski definition) is 3. The molecule has 1 heterocycles. The number of benzene rings is 1. The number of amides is 2. The maximum absolute atomic E-state index is 12.4. The predicted molar refractivity (Wildman–Crippen MR) is 97.9 cm³/mol. The Kier molecular flexibility index (Phi) is 5.59. The van der Waals surface area contributed by atoms with Gasteiger partial charge in [0.05, 0.1) is 11.8 Å². The summed E-state index contributed by atoms with van der Waals surface area (Å²) in [5.74, 6) is -1.81. The van der Waals surface area contributed by atoms with Crippen LogP contribution >= 0.6 is 0 Å². The van der Waals surface area contributed by atoms with Crippen LogP contribution in [0.4, 0.5) is 5.69 Å². The zero-order chi connectivity index (χ0) is 18.7. The van der Waals surface area contributed by atoms with E-state index in [4.69, 9.17) is 5.11 Å². The smallest absolute Gasteiger partial charge is 0.306 e. The first-order chi connectivity index (χ1) is 12.5. The predicted octanol–water partition coefficient (Wildman–Crippen LogP) is 2.68. The van der Waals surface area contributed by atoms with Crippen LogP contribution in [0, 0.1) is 11.8 Å². The lowest BCUT2D eigenvalue weighted by molar-refractivity contribution is -0.144. The fourth-order valence-corrected chi connectivity index (χ4v) is 4.02. The van der Waals surface area contributed by atoms with Crippen LogP contribution in [0.25, 0.3) is 0 Å². The third kappa shape index (κ3) is 3.89. The van der Waals surface area contributed by atoms with Crippen LogP contribution in [0.5, 0.6) is 0 Å². The molecule has 1 fully saturated rings. The zero-order valence-electron chi connectivity index (χ0n) is 15.1. The van der Waals surface area contributed by atoms with Crippen molar-refractivity contribution < 1.29 is 19.5 Å². The highest BCUT2D eigenvalue weighted by molar-refractivity contribution is 6.03. The minimum absolute atomic E-state index is 0.0221. The number of carboxylic acid groups (broad SMARTS) is 1.